The van der Waals surface area contributed by atoms with E-state index in [-0.39, 0.29) is 28.8 Å². The number of anilines is 1. The second kappa shape index (κ2) is 10.4. The number of nitrogens with two attached hydrogens (primary N) is 1. The van der Waals surface area contributed by atoms with Gasteiger partial charge in [-0.1, -0.05) is 76.6 Å². The number of carbonyl (C=O) groups is 2. The number of ether oxygens (including phenoxy) is 1. The van der Waals surface area contributed by atoms with Crippen molar-refractivity contribution in [1.29, 1.82) is 0 Å². The predicted octanol–water partition coefficient (Wildman–Crippen LogP) is 5.24. The number of amides is 1. The summed E-state index contributed by atoms with van der Waals surface area (Å²) in [7, 11) is 1.62. The molecule has 1 aromatic heterocycles. The second-order valence-corrected chi connectivity index (χ2v) is 8.60. The normalized spacial score (nSPS) is 10.6. The third-order valence-corrected chi connectivity index (χ3v) is 6.05. The number of rotatable bonds is 8. The lowest BCUT2D eigenvalue weighted by Gasteiger charge is -2.11. The molecule has 34 heavy (non-hydrogen) atoms. The number of H-pyrrole nitrogens is 1. The fourth-order valence-corrected chi connectivity index (χ4v) is 4.14. The topological polar surface area (TPSA) is 97.2 Å². The largest absolute Gasteiger partial charge is 0.496 e. The molecule has 0 radical (unpaired) electrons. The summed E-state index contributed by atoms with van der Waals surface area (Å²) < 4.78 is 6.27. The Hall–Kier alpha value is -3.84. The van der Waals surface area contributed by atoms with Gasteiger partial charge in [0.25, 0.3) is 5.91 Å². The van der Waals surface area contributed by atoms with E-state index in [0.29, 0.717) is 29.7 Å². The molecule has 7 heteroatoms. The molecule has 0 aliphatic rings. The molecular formula is C27H24BrN3O3. The Balaban J connectivity index is 1.67. The third kappa shape index (κ3) is 4.89. The number of benzene rings is 3. The van der Waals surface area contributed by atoms with Gasteiger partial charge in [0, 0.05) is 22.1 Å². The highest BCUT2D eigenvalue weighted by Crippen LogP contribution is 2.34. The predicted molar refractivity (Wildman–Crippen MR) is 137 cm³/mol. The van der Waals surface area contributed by atoms with Crippen molar-refractivity contribution < 1.29 is 14.3 Å². The van der Waals surface area contributed by atoms with Crippen LogP contribution in [0.4, 0.5) is 5.82 Å². The first-order valence-corrected chi connectivity index (χ1v) is 11.6. The van der Waals surface area contributed by atoms with E-state index in [1.807, 2.05) is 54.6 Å². The van der Waals surface area contributed by atoms with Gasteiger partial charge in [0.1, 0.15) is 11.6 Å². The summed E-state index contributed by atoms with van der Waals surface area (Å²) in [4.78, 5) is 29.6. The maximum Gasteiger partial charge on any atom is 0.255 e. The van der Waals surface area contributed by atoms with E-state index in [1.165, 1.54) is 0 Å². The Kier molecular flexibility index (Phi) is 7.13. The van der Waals surface area contributed by atoms with Crippen molar-refractivity contribution in [3.8, 4) is 16.9 Å². The van der Waals surface area contributed by atoms with Crippen molar-refractivity contribution in [3.63, 3.8) is 0 Å². The standard InChI is InChI=1S/C27H24BrN3O3/c1-34-21-10-6-5-7-17(21)15-16-30-27(33)23-22(18-11-13-20(28)14-12-18)24(31-26(23)29)25(32)19-8-3-2-4-9-19/h2-14,31H,15-16,29H2,1H3,(H,30,33). The molecule has 0 bridgehead atoms. The Labute approximate surface area is 206 Å². The number of nitrogens with one attached hydrogen (secondary N) is 2. The van der Waals surface area contributed by atoms with Crippen LogP contribution in [0.5, 0.6) is 5.75 Å². The molecule has 0 fully saturated rings. The number of para-hydroxylation sites is 1. The molecule has 4 aromatic rings. The minimum Gasteiger partial charge on any atom is -0.496 e. The molecule has 0 aliphatic carbocycles. The van der Waals surface area contributed by atoms with Gasteiger partial charge in [0.05, 0.1) is 18.4 Å². The number of ketones is 1. The number of halogens is 1. The molecule has 0 saturated heterocycles. The van der Waals surface area contributed by atoms with Crippen LogP contribution in [0.2, 0.25) is 0 Å². The molecule has 0 saturated carbocycles. The molecule has 4 N–H and O–H groups in total. The lowest BCUT2D eigenvalue weighted by Crippen LogP contribution is -2.26. The number of hydrogen-bond donors (Lipinski definition) is 3. The first-order chi connectivity index (χ1) is 16.5. The van der Waals surface area contributed by atoms with Gasteiger partial charge in [-0.3, -0.25) is 9.59 Å². The van der Waals surface area contributed by atoms with Crippen LogP contribution in [0.25, 0.3) is 11.1 Å². The molecule has 0 aliphatic heterocycles. The summed E-state index contributed by atoms with van der Waals surface area (Å²) in [6, 6.07) is 24.0. The zero-order valence-electron chi connectivity index (χ0n) is 18.6. The number of nitrogen functional groups attached to an aromatic ring is 1. The number of hydrogen-bond acceptors (Lipinski definition) is 4. The molecule has 1 heterocycles. The van der Waals surface area contributed by atoms with Crippen molar-refractivity contribution in [2.75, 3.05) is 19.4 Å². The van der Waals surface area contributed by atoms with Crippen molar-refractivity contribution in [2.24, 2.45) is 0 Å². The van der Waals surface area contributed by atoms with E-state index in [9.17, 15) is 9.59 Å². The quantitative estimate of drug-likeness (QED) is 0.278. The Morgan fingerprint density at radius 1 is 0.971 bits per heavy atom. The highest BCUT2D eigenvalue weighted by Gasteiger charge is 2.27. The highest BCUT2D eigenvalue weighted by atomic mass is 79.9. The monoisotopic (exact) mass is 517 g/mol. The maximum absolute atomic E-state index is 13.3. The van der Waals surface area contributed by atoms with E-state index >= 15 is 0 Å². The zero-order valence-corrected chi connectivity index (χ0v) is 20.2. The van der Waals surface area contributed by atoms with E-state index in [0.717, 1.165) is 15.8 Å². The first-order valence-electron chi connectivity index (χ1n) is 10.8. The average molecular weight is 518 g/mol. The number of carbonyl (C=O) groups excluding carboxylic acids is 2. The molecule has 4 rings (SSSR count). The first kappa shape index (κ1) is 23.3. The van der Waals surface area contributed by atoms with Gasteiger partial charge in [-0.2, -0.15) is 0 Å². The van der Waals surface area contributed by atoms with Crippen molar-refractivity contribution >= 4 is 33.4 Å². The molecule has 0 spiro atoms. The van der Waals surface area contributed by atoms with Gasteiger partial charge in [-0.05, 0) is 35.7 Å². The lowest BCUT2D eigenvalue weighted by molar-refractivity contribution is 0.0955. The summed E-state index contributed by atoms with van der Waals surface area (Å²) in [6.07, 6.45) is 0.587. The number of aromatic nitrogens is 1. The van der Waals surface area contributed by atoms with Gasteiger partial charge < -0.3 is 20.8 Å². The number of aromatic amines is 1. The molecule has 172 valence electrons. The fraction of sp³-hybridized carbons (Fsp3) is 0.111. The molecule has 0 unspecified atom stereocenters. The van der Waals surface area contributed by atoms with Gasteiger partial charge in [0.15, 0.2) is 0 Å². The summed E-state index contributed by atoms with van der Waals surface area (Å²) in [5, 5.41) is 2.94. The van der Waals surface area contributed by atoms with Crippen LogP contribution >= 0.6 is 15.9 Å². The Bertz CT molecular complexity index is 1310. The van der Waals surface area contributed by atoms with Crippen molar-refractivity contribution in [1.82, 2.24) is 10.3 Å². The third-order valence-electron chi connectivity index (χ3n) is 5.52. The van der Waals surface area contributed by atoms with Crippen LogP contribution in [0.3, 0.4) is 0 Å². The molecular weight excluding hydrogens is 494 g/mol. The minimum absolute atomic E-state index is 0.145. The Morgan fingerprint density at radius 3 is 2.35 bits per heavy atom. The van der Waals surface area contributed by atoms with Gasteiger partial charge >= 0.3 is 0 Å². The second-order valence-electron chi connectivity index (χ2n) is 7.68. The van der Waals surface area contributed by atoms with Crippen molar-refractivity contribution in [3.05, 3.63) is 106 Å². The van der Waals surface area contributed by atoms with Gasteiger partial charge in [-0.15, -0.1) is 0 Å². The Morgan fingerprint density at radius 2 is 1.65 bits per heavy atom. The van der Waals surface area contributed by atoms with Crippen LogP contribution in [0.15, 0.2) is 83.3 Å². The molecule has 3 aromatic carbocycles. The van der Waals surface area contributed by atoms with Crippen LogP contribution in [-0.4, -0.2) is 30.3 Å². The molecule has 1 amide bonds. The summed E-state index contributed by atoms with van der Waals surface area (Å²) in [6.45, 7) is 0.381. The van der Waals surface area contributed by atoms with Crippen LogP contribution in [0.1, 0.15) is 32.0 Å². The van der Waals surface area contributed by atoms with Crippen molar-refractivity contribution in [2.45, 2.75) is 6.42 Å². The maximum atomic E-state index is 13.3. The van der Waals surface area contributed by atoms with E-state index < -0.39 is 0 Å². The minimum atomic E-state index is -0.353. The van der Waals surface area contributed by atoms with Crippen LogP contribution in [0, 0.1) is 0 Å². The SMILES string of the molecule is COc1ccccc1CCNC(=O)c1c(N)[nH]c(C(=O)c2ccccc2)c1-c1ccc(Br)cc1. The van der Waals surface area contributed by atoms with E-state index in [4.69, 9.17) is 10.5 Å². The van der Waals surface area contributed by atoms with Gasteiger partial charge in [0.2, 0.25) is 5.78 Å². The zero-order chi connectivity index (χ0) is 24.1. The molecule has 0 atom stereocenters. The van der Waals surface area contributed by atoms with E-state index in [1.54, 1.807) is 31.4 Å². The average Bonchev–Trinajstić information content (AvgIpc) is 3.21. The summed E-state index contributed by atoms with van der Waals surface area (Å²) in [5.41, 5.74) is 9.47. The smallest absolute Gasteiger partial charge is 0.255 e. The highest BCUT2D eigenvalue weighted by molar-refractivity contribution is 9.10. The van der Waals surface area contributed by atoms with Gasteiger partial charge in [-0.25, -0.2) is 0 Å². The summed E-state index contributed by atoms with van der Waals surface area (Å²) in [5.74, 6) is 0.322. The lowest BCUT2D eigenvalue weighted by atomic mass is 9.96. The number of methoxy groups -OCH3 is 1. The van der Waals surface area contributed by atoms with E-state index in [2.05, 4.69) is 26.2 Å². The van der Waals surface area contributed by atoms with Crippen LogP contribution in [-0.2, 0) is 6.42 Å². The summed E-state index contributed by atoms with van der Waals surface area (Å²) >= 11 is 3.43. The van der Waals surface area contributed by atoms with Crippen LogP contribution < -0.4 is 15.8 Å². The fourth-order valence-electron chi connectivity index (χ4n) is 3.87. The molecule has 6 nitrogen and oxygen atoms in total.